The lowest BCUT2D eigenvalue weighted by Gasteiger charge is -2.34. The van der Waals surface area contributed by atoms with E-state index in [4.69, 9.17) is 4.74 Å². The molecule has 136 valence electrons. The average Bonchev–Trinajstić information content (AvgIpc) is 2.50. The molecule has 1 aromatic rings. The minimum absolute atomic E-state index is 0.0439. The van der Waals surface area contributed by atoms with Gasteiger partial charge in [0, 0.05) is 6.42 Å². The number of aliphatic carboxylic acids is 1. The second-order valence-corrected chi connectivity index (χ2v) is 7.68. The summed E-state index contributed by atoms with van der Waals surface area (Å²) < 4.78 is 65.6. The second-order valence-electron chi connectivity index (χ2n) is 5.48. The van der Waals surface area contributed by atoms with Crippen molar-refractivity contribution < 1.29 is 36.2 Å². The summed E-state index contributed by atoms with van der Waals surface area (Å²) in [7, 11) is -4.56. The van der Waals surface area contributed by atoms with Crippen LogP contribution in [0.1, 0.15) is 25.8 Å². The molecular weight excluding hydrogens is 349 g/mol. The lowest BCUT2D eigenvalue weighted by Crippen LogP contribution is -2.57. The number of ether oxygens (including phenoxy) is 1. The summed E-state index contributed by atoms with van der Waals surface area (Å²) in [6, 6.07) is 5.56. The van der Waals surface area contributed by atoms with E-state index in [-0.39, 0.29) is 12.0 Å². The number of carboxylic acids is 1. The van der Waals surface area contributed by atoms with Crippen LogP contribution in [0.2, 0.25) is 0 Å². The van der Waals surface area contributed by atoms with E-state index in [0.717, 1.165) is 0 Å². The third kappa shape index (κ3) is 3.35. The molecule has 1 aromatic carbocycles. The van der Waals surface area contributed by atoms with Crippen molar-refractivity contribution >= 4 is 15.8 Å². The van der Waals surface area contributed by atoms with Gasteiger partial charge >= 0.3 is 11.5 Å². The Bertz CT molecular complexity index is 682. The number of sulfone groups is 1. The third-order valence-corrected chi connectivity index (χ3v) is 6.47. The van der Waals surface area contributed by atoms with Crippen molar-refractivity contribution in [3.05, 3.63) is 29.8 Å². The lowest BCUT2D eigenvalue weighted by molar-refractivity contribution is -0.142. The van der Waals surface area contributed by atoms with Crippen molar-refractivity contribution in [1.82, 2.24) is 0 Å². The predicted molar refractivity (Wildman–Crippen MR) is 81.5 cm³/mol. The number of alkyl halides is 3. The minimum Gasteiger partial charge on any atom is -0.497 e. The van der Waals surface area contributed by atoms with E-state index in [1.807, 2.05) is 0 Å². The Morgan fingerprint density at radius 3 is 2.08 bits per heavy atom. The summed E-state index contributed by atoms with van der Waals surface area (Å²) >= 11 is 0. The van der Waals surface area contributed by atoms with Gasteiger partial charge in [-0.15, -0.1) is 0 Å². The molecule has 0 aliphatic rings. The highest BCUT2D eigenvalue weighted by atomic mass is 32.2. The molecule has 1 rings (SSSR count). The summed E-state index contributed by atoms with van der Waals surface area (Å²) in [6.07, 6.45) is -0.832. The first-order chi connectivity index (χ1) is 10.9. The smallest absolute Gasteiger partial charge is 0.497 e. The lowest BCUT2D eigenvalue weighted by atomic mass is 9.85. The molecule has 0 bridgehead atoms. The SMILES string of the molecule is CC[C@H](C)[C@@](Cc1ccc(OC)cc1)(C(=O)O)S(=O)(=O)C(F)(F)F. The largest absolute Gasteiger partial charge is 0.498 e. The van der Waals surface area contributed by atoms with E-state index < -0.39 is 38.4 Å². The number of hydrogen-bond acceptors (Lipinski definition) is 4. The second kappa shape index (κ2) is 7.00. The van der Waals surface area contributed by atoms with Crippen LogP contribution >= 0.6 is 0 Å². The van der Waals surface area contributed by atoms with E-state index in [0.29, 0.717) is 5.75 Å². The van der Waals surface area contributed by atoms with Crippen LogP contribution in [-0.4, -0.2) is 36.9 Å². The summed E-state index contributed by atoms with van der Waals surface area (Å²) in [5.41, 5.74) is -5.51. The number of carbonyl (C=O) groups is 1. The molecule has 0 amide bonds. The molecular formula is C15H19F3O5S. The van der Waals surface area contributed by atoms with Crippen LogP contribution in [0.15, 0.2) is 24.3 Å². The Hall–Kier alpha value is -1.77. The van der Waals surface area contributed by atoms with E-state index in [1.165, 1.54) is 45.2 Å². The van der Waals surface area contributed by atoms with Gasteiger partial charge in [-0.25, -0.2) is 8.42 Å². The zero-order valence-electron chi connectivity index (χ0n) is 13.4. The molecule has 0 aromatic heterocycles. The Labute approximate surface area is 138 Å². The fraction of sp³-hybridized carbons (Fsp3) is 0.533. The van der Waals surface area contributed by atoms with Gasteiger partial charge in [0.2, 0.25) is 0 Å². The quantitative estimate of drug-likeness (QED) is 0.800. The topological polar surface area (TPSA) is 80.7 Å². The van der Waals surface area contributed by atoms with Gasteiger partial charge in [0.1, 0.15) is 5.75 Å². The summed E-state index contributed by atoms with van der Waals surface area (Å²) in [5.74, 6) is -2.84. The molecule has 24 heavy (non-hydrogen) atoms. The Kier molecular flexibility index (Phi) is 5.91. The van der Waals surface area contributed by atoms with E-state index >= 15 is 0 Å². The van der Waals surface area contributed by atoms with Gasteiger partial charge in [-0.3, -0.25) is 4.79 Å². The Morgan fingerprint density at radius 2 is 1.75 bits per heavy atom. The molecule has 0 aliphatic carbocycles. The first-order valence-electron chi connectivity index (χ1n) is 7.11. The minimum atomic E-state index is -5.96. The molecule has 0 unspecified atom stereocenters. The number of rotatable bonds is 7. The van der Waals surface area contributed by atoms with Crippen LogP contribution in [0.25, 0.3) is 0 Å². The number of benzene rings is 1. The fourth-order valence-electron chi connectivity index (χ4n) is 2.52. The summed E-state index contributed by atoms with van der Waals surface area (Å²) in [6.45, 7) is 2.64. The molecule has 0 aliphatic heterocycles. The maximum atomic E-state index is 13.1. The van der Waals surface area contributed by atoms with Crippen LogP contribution in [0, 0.1) is 5.92 Å². The number of carboxylic acid groups (broad SMARTS) is 1. The van der Waals surface area contributed by atoms with Crippen molar-refractivity contribution in [1.29, 1.82) is 0 Å². The van der Waals surface area contributed by atoms with Crippen LogP contribution in [-0.2, 0) is 21.1 Å². The van der Waals surface area contributed by atoms with Crippen molar-refractivity contribution in [2.45, 2.75) is 36.9 Å². The molecule has 0 radical (unpaired) electrons. The predicted octanol–water partition coefficient (Wildman–Crippen LogP) is 3.04. The zero-order chi connectivity index (χ0) is 18.8. The standard InChI is InChI=1S/C15H19F3O5S/c1-4-10(2)14(13(19)20,24(21,22)15(16,17)18)9-11-5-7-12(23-3)8-6-11/h5-8,10H,4,9H2,1-3H3,(H,19,20)/t10-,14-/m0/s1. The highest BCUT2D eigenvalue weighted by Gasteiger charge is 2.65. The van der Waals surface area contributed by atoms with Crippen LogP contribution < -0.4 is 4.74 Å². The maximum Gasteiger partial charge on any atom is 0.498 e. The van der Waals surface area contributed by atoms with Crippen LogP contribution in [0.3, 0.4) is 0 Å². The maximum absolute atomic E-state index is 13.1. The van der Waals surface area contributed by atoms with Crippen molar-refractivity contribution in [2.75, 3.05) is 7.11 Å². The van der Waals surface area contributed by atoms with Crippen LogP contribution in [0.5, 0.6) is 5.75 Å². The average molecular weight is 368 g/mol. The Morgan fingerprint density at radius 1 is 1.25 bits per heavy atom. The van der Waals surface area contributed by atoms with Gasteiger partial charge in [0.25, 0.3) is 9.84 Å². The molecule has 5 nitrogen and oxygen atoms in total. The molecule has 0 spiro atoms. The van der Waals surface area contributed by atoms with E-state index in [2.05, 4.69) is 0 Å². The molecule has 9 heteroatoms. The van der Waals surface area contributed by atoms with Gasteiger partial charge in [-0.2, -0.15) is 13.2 Å². The molecule has 0 saturated carbocycles. The first kappa shape index (κ1) is 20.3. The number of methoxy groups -OCH3 is 1. The summed E-state index contributed by atoms with van der Waals surface area (Å²) in [4.78, 5) is 11.7. The van der Waals surface area contributed by atoms with E-state index in [9.17, 15) is 31.5 Å². The fourth-order valence-corrected chi connectivity index (χ4v) is 4.21. The van der Waals surface area contributed by atoms with Gasteiger partial charge < -0.3 is 9.84 Å². The third-order valence-electron chi connectivity index (χ3n) is 4.18. The zero-order valence-corrected chi connectivity index (χ0v) is 14.2. The highest BCUT2D eigenvalue weighted by molar-refractivity contribution is 7.94. The number of halogens is 3. The highest BCUT2D eigenvalue weighted by Crippen LogP contribution is 2.42. The molecule has 0 fully saturated rings. The number of hydrogen-bond donors (Lipinski definition) is 1. The van der Waals surface area contributed by atoms with Crippen molar-refractivity contribution in [3.8, 4) is 5.75 Å². The molecule has 2 atom stereocenters. The first-order valence-corrected chi connectivity index (χ1v) is 8.59. The molecule has 0 heterocycles. The normalized spacial score (nSPS) is 16.2. The van der Waals surface area contributed by atoms with Crippen molar-refractivity contribution in [3.63, 3.8) is 0 Å². The molecule has 0 saturated heterocycles. The van der Waals surface area contributed by atoms with E-state index in [1.54, 1.807) is 0 Å². The van der Waals surface area contributed by atoms with Crippen LogP contribution in [0.4, 0.5) is 13.2 Å². The monoisotopic (exact) mass is 368 g/mol. The van der Waals surface area contributed by atoms with Gasteiger partial charge in [-0.05, 0) is 23.6 Å². The Balaban J connectivity index is 3.55. The van der Waals surface area contributed by atoms with Gasteiger partial charge in [0.15, 0.2) is 4.75 Å². The van der Waals surface area contributed by atoms with Gasteiger partial charge in [-0.1, -0.05) is 32.4 Å². The summed E-state index contributed by atoms with van der Waals surface area (Å²) in [5, 5.41) is 9.48. The molecule has 1 N–H and O–H groups in total. The van der Waals surface area contributed by atoms with Gasteiger partial charge in [0.05, 0.1) is 7.11 Å². The van der Waals surface area contributed by atoms with Crippen molar-refractivity contribution in [2.24, 2.45) is 5.92 Å².